The van der Waals surface area contributed by atoms with Crippen LogP contribution in [0, 0.1) is 0 Å². The number of rotatable bonds is 3. The van der Waals surface area contributed by atoms with Crippen molar-refractivity contribution >= 4 is 27.0 Å². The van der Waals surface area contributed by atoms with Crippen LogP contribution in [0.1, 0.15) is 31.1 Å². The van der Waals surface area contributed by atoms with Crippen LogP contribution < -0.4 is 4.74 Å². The van der Waals surface area contributed by atoms with E-state index < -0.39 is 15.6 Å². The van der Waals surface area contributed by atoms with E-state index in [4.69, 9.17) is 22.4 Å². The summed E-state index contributed by atoms with van der Waals surface area (Å²) in [4.78, 5) is 12.8. The molecule has 0 aliphatic heterocycles. The quantitative estimate of drug-likeness (QED) is 0.324. The lowest BCUT2D eigenvalue weighted by Crippen LogP contribution is -2.25. The highest BCUT2D eigenvalue weighted by molar-refractivity contribution is 7.95. The number of para-hydroxylation sites is 1. The Balaban J connectivity index is 0.000000660. The molecular formula is C15H21F3O6S2. The van der Waals surface area contributed by atoms with Gasteiger partial charge in [0.05, 0.1) is 7.11 Å². The van der Waals surface area contributed by atoms with Crippen molar-refractivity contribution in [3.63, 3.8) is 0 Å². The van der Waals surface area contributed by atoms with E-state index >= 15 is 0 Å². The molecule has 11 heteroatoms. The number of hydrogen-bond acceptors (Lipinski definition) is 6. The Kier molecular flexibility index (Phi) is 8.45. The minimum absolute atomic E-state index is 0.0132. The van der Waals surface area contributed by atoms with Gasteiger partial charge in [0.15, 0.2) is 20.8 Å². The Hall–Kier alpha value is -1.46. The SMILES string of the molecule is COC(=O)c1cccc([S+](C)C)c1OC(C)(C)C.O=S(=O)([O-])C(F)(F)F. The number of alkyl halides is 3. The van der Waals surface area contributed by atoms with Gasteiger partial charge in [-0.15, -0.1) is 0 Å². The highest BCUT2D eigenvalue weighted by atomic mass is 32.2. The molecule has 6 nitrogen and oxygen atoms in total. The molecule has 0 N–H and O–H groups in total. The highest BCUT2D eigenvalue weighted by Crippen LogP contribution is 2.32. The number of carbonyl (C=O) groups is 1. The topological polar surface area (TPSA) is 92.7 Å². The second kappa shape index (κ2) is 8.96. The third kappa shape index (κ3) is 7.83. The fourth-order valence-electron chi connectivity index (χ4n) is 1.52. The van der Waals surface area contributed by atoms with Crippen molar-refractivity contribution in [3.05, 3.63) is 23.8 Å². The van der Waals surface area contributed by atoms with Gasteiger partial charge in [-0.3, -0.25) is 0 Å². The van der Waals surface area contributed by atoms with Gasteiger partial charge >= 0.3 is 11.5 Å². The van der Waals surface area contributed by atoms with Crippen molar-refractivity contribution in [2.45, 2.75) is 36.8 Å². The first-order chi connectivity index (χ1) is 11.5. The van der Waals surface area contributed by atoms with Crippen molar-refractivity contribution in [1.82, 2.24) is 0 Å². The third-order valence-corrected chi connectivity index (χ3v) is 4.28. The van der Waals surface area contributed by atoms with E-state index in [2.05, 4.69) is 12.5 Å². The van der Waals surface area contributed by atoms with Gasteiger partial charge in [0.1, 0.15) is 23.7 Å². The van der Waals surface area contributed by atoms with Crippen molar-refractivity contribution in [1.29, 1.82) is 0 Å². The van der Waals surface area contributed by atoms with Crippen molar-refractivity contribution in [3.8, 4) is 5.75 Å². The summed E-state index contributed by atoms with van der Waals surface area (Å²) in [6.45, 7) is 5.90. The number of methoxy groups -OCH3 is 1. The number of ether oxygens (including phenoxy) is 2. The molecule has 1 aromatic rings. The molecule has 0 aliphatic rings. The molecule has 1 rings (SSSR count). The standard InChI is InChI=1S/C14H21O3S.CHF3O3S/c1-14(2,3)17-12-10(13(15)16-4)8-7-9-11(12)18(5)6;2-1(3,4)8(5,6)7/h7-9H,1-6H3;(H,5,6,7)/q+1;/p-1. The number of carbonyl (C=O) groups excluding carboxylic acids is 1. The number of hydrogen-bond donors (Lipinski definition) is 0. The Labute approximate surface area is 153 Å². The molecule has 0 aliphatic carbocycles. The number of halogens is 3. The lowest BCUT2D eigenvalue weighted by molar-refractivity contribution is -0.0517. The molecule has 0 heterocycles. The van der Waals surface area contributed by atoms with Gasteiger partial charge in [-0.05, 0) is 32.9 Å². The van der Waals surface area contributed by atoms with Gasteiger partial charge in [-0.1, -0.05) is 6.07 Å². The average molecular weight is 418 g/mol. The summed E-state index contributed by atoms with van der Waals surface area (Å²) in [7, 11) is -4.69. The van der Waals surface area contributed by atoms with Gasteiger partial charge in [0, 0.05) is 10.9 Å². The molecule has 0 saturated carbocycles. The zero-order valence-electron chi connectivity index (χ0n) is 15.1. The molecule has 150 valence electrons. The Bertz CT molecular complexity index is 722. The third-order valence-electron chi connectivity index (χ3n) is 2.52. The molecule has 0 saturated heterocycles. The van der Waals surface area contributed by atoms with Crippen LogP contribution in [0.15, 0.2) is 23.1 Å². The molecule has 0 atom stereocenters. The summed E-state index contributed by atoms with van der Waals surface area (Å²) in [5, 5.41) is 0. The fraction of sp³-hybridized carbons (Fsp3) is 0.533. The summed E-state index contributed by atoms with van der Waals surface area (Å²) in [5.74, 6) is 0.284. The maximum atomic E-state index is 11.8. The van der Waals surface area contributed by atoms with Crippen LogP contribution in [-0.2, 0) is 25.7 Å². The predicted octanol–water partition coefficient (Wildman–Crippen LogP) is 2.94. The molecule has 0 fully saturated rings. The lowest BCUT2D eigenvalue weighted by atomic mass is 10.1. The van der Waals surface area contributed by atoms with Crippen LogP contribution >= 0.6 is 0 Å². The van der Waals surface area contributed by atoms with Gasteiger partial charge in [-0.2, -0.15) is 13.2 Å². The molecule has 0 bridgehead atoms. The second-order valence-corrected chi connectivity index (χ2v) is 9.50. The Morgan fingerprint density at radius 2 is 1.62 bits per heavy atom. The van der Waals surface area contributed by atoms with Crippen LogP contribution in [0.3, 0.4) is 0 Å². The maximum absolute atomic E-state index is 11.8. The lowest BCUT2D eigenvalue weighted by Gasteiger charge is -2.23. The smallest absolute Gasteiger partial charge is 0.485 e. The van der Waals surface area contributed by atoms with Crippen molar-refractivity contribution in [2.75, 3.05) is 19.6 Å². The minimum atomic E-state index is -6.09. The normalized spacial score (nSPS) is 12.3. The van der Waals surface area contributed by atoms with Gasteiger partial charge < -0.3 is 14.0 Å². The van der Waals surface area contributed by atoms with E-state index in [9.17, 15) is 18.0 Å². The molecule has 26 heavy (non-hydrogen) atoms. The molecule has 0 aromatic heterocycles. The van der Waals surface area contributed by atoms with E-state index in [-0.39, 0.29) is 22.5 Å². The summed E-state index contributed by atoms with van der Waals surface area (Å²) >= 11 is 0. The summed E-state index contributed by atoms with van der Waals surface area (Å²) in [6, 6.07) is 5.60. The first-order valence-electron chi connectivity index (χ1n) is 7.01. The monoisotopic (exact) mass is 418 g/mol. The van der Waals surface area contributed by atoms with E-state index in [1.807, 2.05) is 32.9 Å². The predicted molar refractivity (Wildman–Crippen MR) is 91.4 cm³/mol. The Morgan fingerprint density at radius 1 is 1.15 bits per heavy atom. The Morgan fingerprint density at radius 3 is 1.92 bits per heavy atom. The van der Waals surface area contributed by atoms with E-state index in [0.717, 1.165) is 4.90 Å². The number of benzene rings is 1. The van der Waals surface area contributed by atoms with Gasteiger partial charge in [0.2, 0.25) is 0 Å². The first-order valence-corrected chi connectivity index (χ1v) is 10.5. The van der Waals surface area contributed by atoms with Crippen molar-refractivity contribution < 1.29 is 40.4 Å². The molecule has 1 aromatic carbocycles. The molecule has 0 radical (unpaired) electrons. The molecule has 0 spiro atoms. The van der Waals surface area contributed by atoms with Gasteiger partial charge in [-0.25, -0.2) is 13.2 Å². The summed E-state index contributed by atoms with van der Waals surface area (Å²) in [6.07, 6.45) is 4.21. The molecule has 0 unspecified atom stereocenters. The van der Waals surface area contributed by atoms with Gasteiger partial charge in [0.25, 0.3) is 0 Å². The zero-order chi connectivity index (χ0) is 20.9. The largest absolute Gasteiger partial charge is 0.741 e. The van der Waals surface area contributed by atoms with Crippen molar-refractivity contribution in [2.24, 2.45) is 0 Å². The first kappa shape index (κ1) is 24.5. The van der Waals surface area contributed by atoms with Crippen LogP contribution in [0.4, 0.5) is 13.2 Å². The van der Waals surface area contributed by atoms with Crippen LogP contribution in [0.25, 0.3) is 0 Å². The fourth-order valence-corrected chi connectivity index (χ4v) is 2.39. The average Bonchev–Trinajstić information content (AvgIpc) is 2.43. The summed E-state index contributed by atoms with van der Waals surface area (Å²) in [5.41, 5.74) is -5.50. The minimum Gasteiger partial charge on any atom is -0.741 e. The molecular weight excluding hydrogens is 397 g/mol. The number of esters is 1. The second-order valence-electron chi connectivity index (χ2n) is 6.06. The van der Waals surface area contributed by atoms with Crippen LogP contribution in [-0.4, -0.2) is 49.7 Å². The highest BCUT2D eigenvalue weighted by Gasteiger charge is 2.37. The van der Waals surface area contributed by atoms with E-state index in [0.29, 0.717) is 11.3 Å². The van der Waals surface area contributed by atoms with Crippen LogP contribution in [0.5, 0.6) is 5.75 Å². The maximum Gasteiger partial charge on any atom is 0.485 e. The zero-order valence-corrected chi connectivity index (χ0v) is 16.8. The van der Waals surface area contributed by atoms with E-state index in [1.54, 1.807) is 6.07 Å². The van der Waals surface area contributed by atoms with Crippen LogP contribution in [0.2, 0.25) is 0 Å². The summed E-state index contributed by atoms with van der Waals surface area (Å²) < 4.78 is 69.7. The molecule has 0 amide bonds. The van der Waals surface area contributed by atoms with E-state index in [1.165, 1.54) is 7.11 Å².